The predicted octanol–water partition coefficient (Wildman–Crippen LogP) is 2.37. The van der Waals surface area contributed by atoms with Crippen LogP contribution in [0.25, 0.3) is 5.57 Å². The van der Waals surface area contributed by atoms with Crippen molar-refractivity contribution < 1.29 is 4.74 Å². The molecule has 0 spiro atoms. The number of rotatable bonds is 3. The highest BCUT2D eigenvalue weighted by atomic mass is 16.5. The molecule has 0 N–H and O–H groups in total. The zero-order chi connectivity index (χ0) is 10.4. The lowest BCUT2D eigenvalue weighted by molar-refractivity contribution is 0.233. The second-order valence-corrected chi connectivity index (χ2v) is 2.69. The zero-order valence-electron chi connectivity index (χ0n) is 8.32. The van der Waals surface area contributed by atoms with Crippen molar-refractivity contribution in [2.45, 2.75) is 13.8 Å². The van der Waals surface area contributed by atoms with Crippen molar-refractivity contribution in [3.8, 4) is 6.07 Å². The highest BCUT2D eigenvalue weighted by Crippen LogP contribution is 2.15. The van der Waals surface area contributed by atoms with E-state index in [-0.39, 0.29) is 0 Å². The summed E-state index contributed by atoms with van der Waals surface area (Å²) in [7, 11) is 0. The number of nitrogens with zero attached hydrogens (tertiary/aromatic N) is 2. The third kappa shape index (κ3) is 2.33. The summed E-state index contributed by atoms with van der Waals surface area (Å²) in [4.78, 5) is 4.09. The van der Waals surface area contributed by atoms with Crippen LogP contribution in [0, 0.1) is 11.3 Å². The lowest BCUT2D eigenvalue weighted by atomic mass is 10.1. The third-order valence-electron chi connectivity index (χ3n) is 1.75. The Morgan fingerprint density at radius 1 is 1.57 bits per heavy atom. The summed E-state index contributed by atoms with van der Waals surface area (Å²) < 4.78 is 5.27. The molecule has 1 aromatic heterocycles. The van der Waals surface area contributed by atoms with E-state index in [2.05, 4.69) is 11.1 Å². The SMILES string of the molecule is CCO/C(C)=C(\C#N)c1ccccn1. The van der Waals surface area contributed by atoms with Gasteiger partial charge in [0.15, 0.2) is 0 Å². The van der Waals surface area contributed by atoms with Crippen LogP contribution < -0.4 is 0 Å². The molecule has 0 bridgehead atoms. The van der Waals surface area contributed by atoms with Crippen LogP contribution in [0.3, 0.4) is 0 Å². The molecule has 1 aromatic rings. The molecule has 1 heterocycles. The number of aromatic nitrogens is 1. The standard InChI is InChI=1S/C11H12N2O/c1-3-14-9(2)10(8-12)11-6-4-5-7-13-11/h4-7H,3H2,1-2H3/b10-9+. The van der Waals surface area contributed by atoms with Crippen molar-refractivity contribution in [1.29, 1.82) is 5.26 Å². The quantitative estimate of drug-likeness (QED) is 0.540. The Balaban J connectivity index is 3.06. The smallest absolute Gasteiger partial charge is 0.115 e. The maximum atomic E-state index is 8.95. The van der Waals surface area contributed by atoms with Crippen LogP contribution in [-0.4, -0.2) is 11.6 Å². The Kier molecular flexibility index (Phi) is 3.69. The maximum absolute atomic E-state index is 8.95. The van der Waals surface area contributed by atoms with Crippen LogP contribution >= 0.6 is 0 Å². The van der Waals surface area contributed by atoms with E-state index in [0.717, 1.165) is 0 Å². The summed E-state index contributed by atoms with van der Waals surface area (Å²) in [6, 6.07) is 7.55. The Morgan fingerprint density at radius 3 is 2.86 bits per heavy atom. The van der Waals surface area contributed by atoms with Gasteiger partial charge in [-0.1, -0.05) is 6.07 Å². The van der Waals surface area contributed by atoms with Crippen molar-refractivity contribution >= 4 is 5.57 Å². The molecule has 0 unspecified atom stereocenters. The summed E-state index contributed by atoms with van der Waals surface area (Å²) >= 11 is 0. The van der Waals surface area contributed by atoms with Crippen molar-refractivity contribution in [3.05, 3.63) is 35.8 Å². The van der Waals surface area contributed by atoms with Gasteiger partial charge in [0.25, 0.3) is 0 Å². The lowest BCUT2D eigenvalue weighted by Crippen LogP contribution is -1.94. The van der Waals surface area contributed by atoms with Gasteiger partial charge in [0.05, 0.1) is 12.3 Å². The summed E-state index contributed by atoms with van der Waals surface area (Å²) in [5.41, 5.74) is 1.15. The molecule has 14 heavy (non-hydrogen) atoms. The normalized spacial score (nSPS) is 11.5. The Bertz CT molecular complexity index is 363. The van der Waals surface area contributed by atoms with E-state index >= 15 is 0 Å². The fourth-order valence-electron chi connectivity index (χ4n) is 1.12. The van der Waals surface area contributed by atoms with E-state index in [4.69, 9.17) is 10.00 Å². The van der Waals surface area contributed by atoms with E-state index < -0.39 is 0 Å². The molecule has 0 aliphatic carbocycles. The number of nitriles is 1. The minimum Gasteiger partial charge on any atom is -0.497 e. The van der Waals surface area contributed by atoms with Gasteiger partial charge < -0.3 is 4.74 Å². The van der Waals surface area contributed by atoms with E-state index in [9.17, 15) is 0 Å². The zero-order valence-corrected chi connectivity index (χ0v) is 8.32. The molecule has 0 saturated carbocycles. The molecule has 0 aliphatic rings. The molecule has 0 saturated heterocycles. The van der Waals surface area contributed by atoms with Crippen LogP contribution in [0.15, 0.2) is 30.2 Å². The highest BCUT2D eigenvalue weighted by Gasteiger charge is 2.06. The summed E-state index contributed by atoms with van der Waals surface area (Å²) in [6.07, 6.45) is 1.66. The summed E-state index contributed by atoms with van der Waals surface area (Å²) in [5.74, 6) is 0.619. The van der Waals surface area contributed by atoms with Gasteiger partial charge in [-0.2, -0.15) is 5.26 Å². The molecule has 0 atom stereocenters. The third-order valence-corrected chi connectivity index (χ3v) is 1.75. The van der Waals surface area contributed by atoms with Crippen LogP contribution in [0.4, 0.5) is 0 Å². The van der Waals surface area contributed by atoms with Gasteiger partial charge in [-0.3, -0.25) is 4.98 Å². The number of ether oxygens (including phenoxy) is 1. The van der Waals surface area contributed by atoms with E-state index in [1.807, 2.05) is 19.1 Å². The number of hydrogen-bond donors (Lipinski definition) is 0. The predicted molar refractivity (Wildman–Crippen MR) is 54.1 cm³/mol. The fraction of sp³-hybridized carbons (Fsp3) is 0.273. The van der Waals surface area contributed by atoms with Gasteiger partial charge in [0.1, 0.15) is 17.4 Å². The van der Waals surface area contributed by atoms with E-state index in [1.165, 1.54) is 0 Å². The minimum atomic E-state index is 0.493. The van der Waals surface area contributed by atoms with Crippen LogP contribution in [0.2, 0.25) is 0 Å². The lowest BCUT2D eigenvalue weighted by Gasteiger charge is -2.05. The van der Waals surface area contributed by atoms with Gasteiger partial charge in [-0.05, 0) is 26.0 Å². The van der Waals surface area contributed by atoms with Crippen molar-refractivity contribution in [2.24, 2.45) is 0 Å². The minimum absolute atomic E-state index is 0.493. The molecular weight excluding hydrogens is 176 g/mol. The Labute approximate surface area is 83.7 Å². The van der Waals surface area contributed by atoms with Gasteiger partial charge in [0.2, 0.25) is 0 Å². The second kappa shape index (κ2) is 5.03. The van der Waals surface area contributed by atoms with Gasteiger partial charge in [0, 0.05) is 6.20 Å². The molecule has 0 radical (unpaired) electrons. The Morgan fingerprint density at radius 2 is 2.36 bits per heavy atom. The van der Waals surface area contributed by atoms with Gasteiger partial charge >= 0.3 is 0 Å². The molecular formula is C11H12N2O. The largest absolute Gasteiger partial charge is 0.497 e. The average Bonchev–Trinajstić information content (AvgIpc) is 2.21. The molecule has 3 heteroatoms. The molecule has 3 nitrogen and oxygen atoms in total. The highest BCUT2D eigenvalue weighted by molar-refractivity contribution is 5.75. The second-order valence-electron chi connectivity index (χ2n) is 2.69. The van der Waals surface area contributed by atoms with Gasteiger partial charge in [-0.15, -0.1) is 0 Å². The average molecular weight is 188 g/mol. The number of allylic oxidation sites excluding steroid dienone is 2. The number of pyridine rings is 1. The van der Waals surface area contributed by atoms with E-state index in [1.54, 1.807) is 19.2 Å². The molecule has 0 fully saturated rings. The van der Waals surface area contributed by atoms with Crippen molar-refractivity contribution in [2.75, 3.05) is 6.61 Å². The van der Waals surface area contributed by atoms with Crippen LogP contribution in [0.5, 0.6) is 0 Å². The molecule has 0 aromatic carbocycles. The summed E-state index contributed by atoms with van der Waals surface area (Å²) in [6.45, 7) is 4.22. The first kappa shape index (κ1) is 10.3. The Hall–Kier alpha value is -1.82. The molecule has 72 valence electrons. The first-order chi connectivity index (χ1) is 6.79. The molecule has 1 rings (SSSR count). The van der Waals surface area contributed by atoms with Crippen LogP contribution in [0.1, 0.15) is 19.5 Å². The molecule has 0 aliphatic heterocycles. The van der Waals surface area contributed by atoms with Gasteiger partial charge in [-0.25, -0.2) is 0 Å². The number of hydrogen-bond acceptors (Lipinski definition) is 3. The first-order valence-corrected chi connectivity index (χ1v) is 4.44. The van der Waals surface area contributed by atoms with Crippen LogP contribution in [-0.2, 0) is 4.74 Å². The molecule has 0 amide bonds. The maximum Gasteiger partial charge on any atom is 0.115 e. The van der Waals surface area contributed by atoms with Crippen molar-refractivity contribution in [3.63, 3.8) is 0 Å². The topological polar surface area (TPSA) is 45.9 Å². The monoisotopic (exact) mass is 188 g/mol. The fourth-order valence-corrected chi connectivity index (χ4v) is 1.12. The van der Waals surface area contributed by atoms with E-state index in [0.29, 0.717) is 23.6 Å². The summed E-state index contributed by atoms with van der Waals surface area (Å²) in [5, 5.41) is 8.95. The van der Waals surface area contributed by atoms with Crippen molar-refractivity contribution in [1.82, 2.24) is 4.98 Å². The first-order valence-electron chi connectivity index (χ1n) is 4.44.